The van der Waals surface area contributed by atoms with Crippen molar-refractivity contribution in [2.75, 3.05) is 0 Å². The number of H-pyrrole nitrogens is 1. The maximum absolute atomic E-state index is 13.8. The number of hydrogen-bond donors (Lipinski definition) is 1. The summed E-state index contributed by atoms with van der Waals surface area (Å²) >= 11 is 4.08. The number of nitrogens with one attached hydrogen (secondary N) is 1. The Hall–Kier alpha value is -2.03. The van der Waals surface area contributed by atoms with Gasteiger partial charge in [0.15, 0.2) is 0 Å². The molecule has 1 N–H and O–H groups in total. The van der Waals surface area contributed by atoms with Gasteiger partial charge in [0.2, 0.25) is 0 Å². The van der Waals surface area contributed by atoms with Gasteiger partial charge in [-0.25, -0.2) is 4.98 Å². The van der Waals surface area contributed by atoms with Gasteiger partial charge >= 0.3 is 17.2 Å². The molecule has 0 saturated carbocycles. The smallest absolute Gasteiger partial charge is 0.307 e. The number of nitrogens with zero attached hydrogens (tertiary/aromatic N) is 1. The summed E-state index contributed by atoms with van der Waals surface area (Å²) in [5.74, 6) is -11.9. The second kappa shape index (κ2) is 5.55. The lowest BCUT2D eigenvalue weighted by Gasteiger charge is -2.28. The van der Waals surface area contributed by atoms with Gasteiger partial charge in [-0.05, 0) is 11.6 Å². The number of hydrogen-bond acceptors (Lipinski definition) is 2. The summed E-state index contributed by atoms with van der Waals surface area (Å²) in [6, 6.07) is 7.25. The van der Waals surface area contributed by atoms with E-state index in [9.17, 15) is 31.1 Å². The fourth-order valence-electron chi connectivity index (χ4n) is 1.69. The van der Waals surface area contributed by atoms with Crippen LogP contribution in [-0.2, 0) is 5.92 Å². The summed E-state index contributed by atoms with van der Waals surface area (Å²) in [5, 5.41) is -5.53. The first-order valence-corrected chi connectivity index (χ1v) is 6.34. The predicted octanol–water partition coefficient (Wildman–Crippen LogP) is 4.00. The molecule has 0 bridgehead atoms. The van der Waals surface area contributed by atoms with E-state index in [1.807, 2.05) is 0 Å². The van der Waals surface area contributed by atoms with E-state index >= 15 is 0 Å². The Morgan fingerprint density at radius 2 is 1.57 bits per heavy atom. The molecule has 124 valence electrons. The first kappa shape index (κ1) is 17.3. The molecule has 2 aromatic rings. The first-order chi connectivity index (χ1) is 10.5. The number of benzene rings is 1. The summed E-state index contributed by atoms with van der Waals surface area (Å²) in [5.41, 5.74) is -2.89. The maximum Gasteiger partial charge on any atom is 0.392 e. The molecule has 1 heterocycles. The summed E-state index contributed by atoms with van der Waals surface area (Å²) in [4.78, 5) is 16.7. The summed E-state index contributed by atoms with van der Waals surface area (Å²) in [7, 11) is 0. The van der Waals surface area contributed by atoms with Gasteiger partial charge in [-0.3, -0.25) is 4.79 Å². The average Bonchev–Trinajstić information content (AvgIpc) is 2.46. The lowest BCUT2D eigenvalue weighted by molar-refractivity contribution is -0.287. The van der Waals surface area contributed by atoms with Crippen LogP contribution in [0.2, 0.25) is 0 Å². The van der Waals surface area contributed by atoms with Crippen molar-refractivity contribution in [1.82, 2.24) is 9.97 Å². The molecule has 23 heavy (non-hydrogen) atoms. The number of aromatic nitrogens is 2. The van der Waals surface area contributed by atoms with Crippen LogP contribution in [-0.4, -0.2) is 21.3 Å². The lowest BCUT2D eigenvalue weighted by Crippen LogP contribution is -2.50. The molecule has 1 aromatic carbocycles. The van der Waals surface area contributed by atoms with E-state index in [0.29, 0.717) is 0 Å². The predicted molar refractivity (Wildman–Crippen MR) is 69.9 cm³/mol. The van der Waals surface area contributed by atoms with E-state index in [1.165, 1.54) is 24.3 Å². The number of aromatic amines is 1. The Labute approximate surface area is 129 Å². The minimum Gasteiger partial charge on any atom is -0.307 e. The average molecular weight is 357 g/mol. The van der Waals surface area contributed by atoms with Crippen molar-refractivity contribution in [3.63, 3.8) is 0 Å². The molecule has 0 aliphatic carbocycles. The van der Waals surface area contributed by atoms with E-state index in [1.54, 1.807) is 6.07 Å². The third-order valence-electron chi connectivity index (χ3n) is 2.86. The molecule has 0 aliphatic rings. The van der Waals surface area contributed by atoms with Crippen molar-refractivity contribution in [1.29, 1.82) is 0 Å². The second-order valence-corrected chi connectivity index (χ2v) is 4.97. The Morgan fingerprint density at radius 3 is 2.09 bits per heavy atom. The number of rotatable bonds is 4. The van der Waals surface area contributed by atoms with Gasteiger partial charge in [-0.15, -0.1) is 0 Å². The van der Waals surface area contributed by atoms with Crippen LogP contribution in [0, 0.1) is 0 Å². The SMILES string of the molecule is O=c1cc(C(F)(F)C(F)(F)C(F)(F)Cl)nc(-c2ccccc2)[nH]1. The van der Waals surface area contributed by atoms with E-state index < -0.39 is 34.3 Å². The molecule has 0 spiro atoms. The summed E-state index contributed by atoms with van der Waals surface area (Å²) < 4.78 is 79.4. The zero-order valence-electron chi connectivity index (χ0n) is 11.0. The molecule has 2 rings (SSSR count). The van der Waals surface area contributed by atoms with Crippen molar-refractivity contribution >= 4 is 11.6 Å². The van der Waals surface area contributed by atoms with Crippen LogP contribution in [0.5, 0.6) is 0 Å². The van der Waals surface area contributed by atoms with Crippen molar-refractivity contribution in [2.45, 2.75) is 17.2 Å². The van der Waals surface area contributed by atoms with Crippen molar-refractivity contribution in [2.24, 2.45) is 0 Å². The van der Waals surface area contributed by atoms with E-state index in [2.05, 4.69) is 21.6 Å². The molecular formula is C13H7ClF6N2O. The largest absolute Gasteiger partial charge is 0.392 e. The van der Waals surface area contributed by atoms with Gasteiger partial charge in [0.1, 0.15) is 11.5 Å². The minimum absolute atomic E-state index is 0.0168. The van der Waals surface area contributed by atoms with Gasteiger partial charge in [0, 0.05) is 11.6 Å². The van der Waals surface area contributed by atoms with Crippen LogP contribution >= 0.6 is 11.6 Å². The first-order valence-electron chi connectivity index (χ1n) is 5.96. The highest BCUT2D eigenvalue weighted by molar-refractivity contribution is 6.22. The van der Waals surface area contributed by atoms with Crippen LogP contribution < -0.4 is 5.56 Å². The van der Waals surface area contributed by atoms with Crippen LogP contribution in [0.1, 0.15) is 5.69 Å². The second-order valence-electron chi connectivity index (χ2n) is 4.49. The van der Waals surface area contributed by atoms with Gasteiger partial charge in [-0.1, -0.05) is 30.3 Å². The highest BCUT2D eigenvalue weighted by Crippen LogP contribution is 2.52. The number of alkyl halides is 7. The van der Waals surface area contributed by atoms with E-state index in [0.717, 1.165) is 0 Å². The highest BCUT2D eigenvalue weighted by atomic mass is 35.5. The monoisotopic (exact) mass is 356 g/mol. The Bertz CT molecular complexity index is 757. The highest BCUT2D eigenvalue weighted by Gasteiger charge is 2.72. The Morgan fingerprint density at radius 1 is 1.00 bits per heavy atom. The fourth-order valence-corrected chi connectivity index (χ4v) is 1.81. The van der Waals surface area contributed by atoms with Crippen LogP contribution in [0.3, 0.4) is 0 Å². The van der Waals surface area contributed by atoms with Crippen molar-refractivity contribution < 1.29 is 26.3 Å². The third kappa shape index (κ3) is 3.05. The zero-order chi connectivity index (χ0) is 17.5. The van der Waals surface area contributed by atoms with Crippen LogP contribution in [0.25, 0.3) is 11.4 Å². The number of halogens is 7. The standard InChI is InChI=1S/C13H7ClF6N2O/c14-13(19,20)12(17,18)11(15,16)8-6-9(23)22-10(21-8)7-4-2-1-3-5-7/h1-6H,(H,21,22,23). The quantitative estimate of drug-likeness (QED) is 0.665. The Kier molecular flexibility index (Phi) is 4.18. The van der Waals surface area contributed by atoms with Crippen molar-refractivity contribution in [3.8, 4) is 11.4 Å². The summed E-state index contributed by atoms with van der Waals surface area (Å²) in [6.07, 6.45) is 0. The zero-order valence-corrected chi connectivity index (χ0v) is 11.7. The van der Waals surface area contributed by atoms with Gasteiger partial charge < -0.3 is 4.98 Å². The maximum atomic E-state index is 13.8. The van der Waals surface area contributed by atoms with Gasteiger partial charge in [0.05, 0.1) is 0 Å². The van der Waals surface area contributed by atoms with E-state index in [-0.39, 0.29) is 11.6 Å². The molecule has 0 saturated heterocycles. The molecule has 10 heteroatoms. The molecule has 1 aromatic heterocycles. The molecular weight excluding hydrogens is 350 g/mol. The topological polar surface area (TPSA) is 45.8 Å². The summed E-state index contributed by atoms with van der Waals surface area (Å²) in [6.45, 7) is 0. The normalized spacial score (nSPS) is 13.2. The third-order valence-corrected chi connectivity index (χ3v) is 3.10. The fraction of sp³-hybridized carbons (Fsp3) is 0.231. The molecule has 0 fully saturated rings. The molecule has 0 unspecified atom stereocenters. The Balaban J connectivity index is 2.61. The lowest BCUT2D eigenvalue weighted by atomic mass is 10.1. The van der Waals surface area contributed by atoms with Crippen LogP contribution in [0.4, 0.5) is 26.3 Å². The molecule has 0 radical (unpaired) electrons. The molecule has 0 aliphatic heterocycles. The minimum atomic E-state index is -5.95. The van der Waals surface area contributed by atoms with Crippen LogP contribution in [0.15, 0.2) is 41.2 Å². The molecule has 0 atom stereocenters. The van der Waals surface area contributed by atoms with Gasteiger partial charge in [0.25, 0.3) is 5.56 Å². The molecule has 0 amide bonds. The van der Waals surface area contributed by atoms with Gasteiger partial charge in [-0.2, -0.15) is 26.3 Å². The van der Waals surface area contributed by atoms with E-state index in [4.69, 9.17) is 0 Å². The molecule has 3 nitrogen and oxygen atoms in total. The van der Waals surface area contributed by atoms with Crippen molar-refractivity contribution in [3.05, 3.63) is 52.4 Å².